The number of primary sulfonamides is 1. The van der Waals surface area contributed by atoms with Gasteiger partial charge in [-0.2, -0.15) is 0 Å². The smallest absolute Gasteiger partial charge is 0.238 e. The first-order valence-corrected chi connectivity index (χ1v) is 11.2. The molecule has 2 rings (SSSR count). The molecule has 0 radical (unpaired) electrons. The van der Waals surface area contributed by atoms with Crippen LogP contribution in [-0.4, -0.2) is 49.4 Å². The molecule has 1 heterocycles. The van der Waals surface area contributed by atoms with E-state index in [0.717, 1.165) is 24.9 Å². The fraction of sp³-hybridized carbons (Fsp3) is 0.529. The van der Waals surface area contributed by atoms with Crippen molar-refractivity contribution in [1.29, 1.82) is 0 Å². The van der Waals surface area contributed by atoms with Crippen molar-refractivity contribution in [3.05, 3.63) is 18.2 Å². The zero-order valence-corrected chi connectivity index (χ0v) is 17.4. The van der Waals surface area contributed by atoms with Crippen LogP contribution in [0.2, 0.25) is 0 Å². The van der Waals surface area contributed by atoms with Crippen LogP contribution >= 0.6 is 11.8 Å². The summed E-state index contributed by atoms with van der Waals surface area (Å²) in [7, 11) is -2.20. The maximum absolute atomic E-state index is 12.1. The van der Waals surface area contributed by atoms with Gasteiger partial charge in [-0.1, -0.05) is 25.1 Å². The average Bonchev–Trinajstić information content (AvgIpc) is 2.94. The molecule has 0 spiro atoms. The van der Waals surface area contributed by atoms with Crippen LogP contribution in [0, 0.1) is 0 Å². The largest absolute Gasteiger partial charge is 0.383 e. The fourth-order valence-corrected chi connectivity index (χ4v) is 4.03. The van der Waals surface area contributed by atoms with Gasteiger partial charge in [-0.15, -0.1) is 0 Å². The zero-order valence-electron chi connectivity index (χ0n) is 15.8. The van der Waals surface area contributed by atoms with Gasteiger partial charge in [-0.25, -0.2) is 18.5 Å². The summed E-state index contributed by atoms with van der Waals surface area (Å²) in [6, 6.07) is 4.59. The number of amides is 1. The summed E-state index contributed by atoms with van der Waals surface area (Å²) in [4.78, 5) is 16.7. The van der Waals surface area contributed by atoms with E-state index in [1.165, 1.54) is 23.9 Å². The molecule has 0 aliphatic heterocycles. The van der Waals surface area contributed by atoms with Crippen LogP contribution in [0.4, 0.5) is 0 Å². The van der Waals surface area contributed by atoms with Gasteiger partial charge in [-0.05, 0) is 31.5 Å². The maximum Gasteiger partial charge on any atom is 0.238 e. The molecule has 0 saturated carbocycles. The normalized spacial score (nSPS) is 13.0. The summed E-state index contributed by atoms with van der Waals surface area (Å²) >= 11 is 1.32. The van der Waals surface area contributed by atoms with E-state index in [9.17, 15) is 13.2 Å². The predicted molar refractivity (Wildman–Crippen MR) is 106 cm³/mol. The van der Waals surface area contributed by atoms with Crippen LogP contribution in [0.25, 0.3) is 11.0 Å². The monoisotopic (exact) mass is 414 g/mol. The van der Waals surface area contributed by atoms with E-state index in [-0.39, 0.29) is 22.6 Å². The third-order valence-electron chi connectivity index (χ3n) is 3.90. The first-order chi connectivity index (χ1) is 12.8. The van der Waals surface area contributed by atoms with Gasteiger partial charge in [0.15, 0.2) is 5.16 Å². The van der Waals surface area contributed by atoms with Gasteiger partial charge in [-0.3, -0.25) is 4.79 Å². The van der Waals surface area contributed by atoms with Crippen molar-refractivity contribution in [2.75, 3.05) is 19.5 Å². The number of fused-ring (bicyclic) bond motifs is 1. The van der Waals surface area contributed by atoms with Gasteiger partial charge >= 0.3 is 0 Å². The van der Waals surface area contributed by atoms with Gasteiger partial charge in [0, 0.05) is 19.7 Å². The fourth-order valence-electron chi connectivity index (χ4n) is 2.65. The second-order valence-electron chi connectivity index (χ2n) is 6.31. The number of methoxy groups -OCH3 is 1. The van der Waals surface area contributed by atoms with Crippen molar-refractivity contribution in [2.45, 2.75) is 49.3 Å². The summed E-state index contributed by atoms with van der Waals surface area (Å²) in [5.74, 6) is 0.106. The van der Waals surface area contributed by atoms with Crippen molar-refractivity contribution in [3.63, 3.8) is 0 Å². The Balaban J connectivity index is 2.24. The molecule has 0 unspecified atom stereocenters. The number of thioether (sulfide) groups is 1. The third-order valence-corrected chi connectivity index (χ3v) is 5.79. The molecule has 1 aromatic carbocycles. The number of nitrogens with zero attached hydrogens (tertiary/aromatic N) is 2. The van der Waals surface area contributed by atoms with E-state index in [1.807, 2.05) is 11.5 Å². The summed E-state index contributed by atoms with van der Waals surface area (Å²) in [5, 5.41) is 8.75. The van der Waals surface area contributed by atoms with Crippen LogP contribution < -0.4 is 10.5 Å². The second kappa shape index (κ2) is 9.54. The molecule has 1 amide bonds. The summed E-state index contributed by atoms with van der Waals surface area (Å²) in [5.41, 5.74) is 1.37. The Bertz CT molecular complexity index is 896. The Labute approximate surface area is 163 Å². The number of carbonyl (C=O) groups is 1. The zero-order chi connectivity index (χ0) is 20.0. The molecule has 10 heteroatoms. The Morgan fingerprint density at radius 1 is 1.44 bits per heavy atom. The number of aryl methyl sites for hydroxylation is 1. The lowest BCUT2D eigenvalue weighted by molar-refractivity contribution is -0.119. The van der Waals surface area contributed by atoms with Gasteiger partial charge < -0.3 is 14.6 Å². The van der Waals surface area contributed by atoms with Gasteiger partial charge in [0.1, 0.15) is 0 Å². The van der Waals surface area contributed by atoms with E-state index >= 15 is 0 Å². The Kier molecular flexibility index (Phi) is 7.66. The molecule has 27 heavy (non-hydrogen) atoms. The van der Waals surface area contributed by atoms with Crippen LogP contribution in [-0.2, 0) is 26.1 Å². The van der Waals surface area contributed by atoms with Crippen molar-refractivity contribution in [3.8, 4) is 0 Å². The molecular weight excluding hydrogens is 388 g/mol. The van der Waals surface area contributed by atoms with E-state index in [2.05, 4.69) is 17.2 Å². The summed E-state index contributed by atoms with van der Waals surface area (Å²) < 4.78 is 30.2. The van der Waals surface area contributed by atoms with Gasteiger partial charge in [0.25, 0.3) is 0 Å². The number of imidazole rings is 1. The molecule has 1 aromatic heterocycles. The minimum Gasteiger partial charge on any atom is -0.383 e. The SMILES string of the molecule is CCCCn1c(SCC(=O)N[C@H](C)COC)nc2cc(S(N)(=O)=O)ccc21. The highest BCUT2D eigenvalue weighted by atomic mass is 32.2. The summed E-state index contributed by atoms with van der Waals surface area (Å²) in [6.07, 6.45) is 1.96. The molecule has 0 aliphatic rings. The molecule has 2 aromatic rings. The highest BCUT2D eigenvalue weighted by Gasteiger charge is 2.16. The van der Waals surface area contributed by atoms with Crippen LogP contribution in [0.1, 0.15) is 26.7 Å². The molecule has 3 N–H and O–H groups in total. The van der Waals surface area contributed by atoms with Crippen LogP contribution in [0.3, 0.4) is 0 Å². The van der Waals surface area contributed by atoms with E-state index in [4.69, 9.17) is 9.88 Å². The molecule has 0 saturated heterocycles. The summed E-state index contributed by atoms with van der Waals surface area (Å²) in [6.45, 7) is 5.15. The Morgan fingerprint density at radius 2 is 2.19 bits per heavy atom. The van der Waals surface area contributed by atoms with Crippen molar-refractivity contribution in [1.82, 2.24) is 14.9 Å². The van der Waals surface area contributed by atoms with Crippen molar-refractivity contribution >= 4 is 38.7 Å². The molecule has 0 aliphatic carbocycles. The van der Waals surface area contributed by atoms with E-state index in [1.54, 1.807) is 13.2 Å². The number of ether oxygens (including phenoxy) is 1. The lowest BCUT2D eigenvalue weighted by Crippen LogP contribution is -2.36. The number of unbranched alkanes of at least 4 members (excludes halogenated alkanes) is 1. The van der Waals surface area contributed by atoms with E-state index in [0.29, 0.717) is 17.3 Å². The van der Waals surface area contributed by atoms with Gasteiger partial charge in [0.05, 0.1) is 28.3 Å². The molecular formula is C17H26N4O4S2. The lowest BCUT2D eigenvalue weighted by Gasteiger charge is -2.12. The highest BCUT2D eigenvalue weighted by molar-refractivity contribution is 7.99. The van der Waals surface area contributed by atoms with Crippen molar-refractivity contribution in [2.24, 2.45) is 5.14 Å². The minimum atomic E-state index is -3.79. The lowest BCUT2D eigenvalue weighted by atomic mass is 10.3. The van der Waals surface area contributed by atoms with Crippen molar-refractivity contribution < 1.29 is 17.9 Å². The third kappa shape index (κ3) is 5.93. The topological polar surface area (TPSA) is 116 Å². The number of hydrogen-bond donors (Lipinski definition) is 2. The number of sulfonamides is 1. The number of nitrogens with two attached hydrogens (primary N) is 1. The standard InChI is InChI=1S/C17H26N4O4S2/c1-4-5-8-21-15-7-6-13(27(18,23)24)9-14(15)20-17(21)26-11-16(22)19-12(2)10-25-3/h6-7,9,12H,4-5,8,10-11H2,1-3H3,(H,19,22)(H2,18,23,24)/t12-/m1/s1. The molecule has 150 valence electrons. The number of carbonyl (C=O) groups excluding carboxylic acids is 1. The number of benzene rings is 1. The molecule has 1 atom stereocenters. The minimum absolute atomic E-state index is 0.0258. The molecule has 8 nitrogen and oxygen atoms in total. The number of hydrogen-bond acceptors (Lipinski definition) is 6. The molecule has 0 fully saturated rings. The maximum atomic E-state index is 12.1. The number of aromatic nitrogens is 2. The van der Waals surface area contributed by atoms with Crippen LogP contribution in [0.5, 0.6) is 0 Å². The average molecular weight is 415 g/mol. The number of rotatable bonds is 10. The predicted octanol–water partition coefficient (Wildman–Crippen LogP) is 1.73. The molecule has 0 bridgehead atoms. The Hall–Kier alpha value is -1.62. The first kappa shape index (κ1) is 21.7. The highest BCUT2D eigenvalue weighted by Crippen LogP contribution is 2.26. The van der Waals surface area contributed by atoms with Crippen LogP contribution in [0.15, 0.2) is 28.3 Å². The second-order valence-corrected chi connectivity index (χ2v) is 8.81. The first-order valence-electron chi connectivity index (χ1n) is 8.70. The Morgan fingerprint density at radius 3 is 2.81 bits per heavy atom. The quantitative estimate of drug-likeness (QED) is 0.572. The van der Waals surface area contributed by atoms with E-state index < -0.39 is 10.0 Å². The van der Waals surface area contributed by atoms with Gasteiger partial charge in [0.2, 0.25) is 15.9 Å². The number of nitrogens with one attached hydrogen (secondary N) is 1.